The summed E-state index contributed by atoms with van der Waals surface area (Å²) in [6.07, 6.45) is 0. The highest BCUT2D eigenvalue weighted by atomic mass is 15.0. The Morgan fingerprint density at radius 2 is 0.855 bits per heavy atom. The third-order valence-corrected chi connectivity index (χ3v) is 11.0. The van der Waals surface area contributed by atoms with Crippen molar-refractivity contribution in [2.45, 2.75) is 0 Å². The van der Waals surface area contributed by atoms with Gasteiger partial charge in [0, 0.05) is 54.8 Å². The van der Waals surface area contributed by atoms with E-state index in [1.54, 1.807) is 0 Å². The van der Waals surface area contributed by atoms with E-state index in [2.05, 4.69) is 157 Å². The number of rotatable bonds is 4. The minimum absolute atomic E-state index is 0.558. The Morgan fingerprint density at radius 1 is 0.345 bits per heavy atom. The van der Waals surface area contributed by atoms with E-state index in [1.807, 2.05) is 42.5 Å². The Balaban J connectivity index is 1.17. The van der Waals surface area contributed by atoms with Crippen LogP contribution in [0.3, 0.4) is 0 Å². The zero-order valence-corrected chi connectivity index (χ0v) is 29.5. The number of hydrogen-bond donors (Lipinski definition) is 0. The number of hydrogen-bond acceptors (Lipinski definition) is 0. The molecule has 3 aromatic heterocycles. The second-order valence-electron chi connectivity index (χ2n) is 13.9. The van der Waals surface area contributed by atoms with Crippen LogP contribution in [0.5, 0.6) is 0 Å². The lowest BCUT2D eigenvalue weighted by atomic mass is 10.0. The molecule has 0 fully saturated rings. The highest BCUT2D eigenvalue weighted by Crippen LogP contribution is 2.42. The average Bonchev–Trinajstić information content (AvgIpc) is 3.89. The van der Waals surface area contributed by atoms with E-state index < -0.39 is 0 Å². The second-order valence-corrected chi connectivity index (χ2v) is 13.9. The smallest absolute Gasteiger partial charge is 0.189 e. The van der Waals surface area contributed by atoms with Gasteiger partial charge in [-0.15, -0.1) is 0 Å². The Bertz CT molecular complexity index is 3420. The van der Waals surface area contributed by atoms with Crippen LogP contribution in [0.15, 0.2) is 176 Å². The lowest BCUT2D eigenvalue weighted by molar-refractivity contribution is 1.16. The normalized spacial score (nSPS) is 11.6. The highest BCUT2D eigenvalue weighted by Gasteiger charge is 2.21. The number of benzene rings is 8. The quantitative estimate of drug-likeness (QED) is 0.163. The minimum Gasteiger partial charge on any atom is -0.311 e. The third kappa shape index (κ3) is 4.45. The van der Waals surface area contributed by atoms with Crippen molar-refractivity contribution in [3.8, 4) is 28.2 Å². The molecule has 0 saturated heterocycles. The second kappa shape index (κ2) is 11.8. The molecule has 5 heteroatoms. The van der Waals surface area contributed by atoms with Gasteiger partial charge >= 0.3 is 0 Å². The Morgan fingerprint density at radius 3 is 1.51 bits per heavy atom. The topological polar surface area (TPSA) is 23.5 Å². The van der Waals surface area contributed by atoms with Crippen molar-refractivity contribution in [1.82, 2.24) is 13.7 Å². The maximum atomic E-state index is 7.94. The molecule has 55 heavy (non-hydrogen) atoms. The molecule has 0 N–H and O–H groups in total. The molecule has 0 aliphatic heterocycles. The van der Waals surface area contributed by atoms with Crippen LogP contribution in [0.4, 0.5) is 11.4 Å². The van der Waals surface area contributed by atoms with E-state index in [9.17, 15) is 0 Å². The average molecular weight is 700 g/mol. The molecule has 0 aliphatic rings. The molecule has 0 bridgehead atoms. The molecule has 0 radical (unpaired) electrons. The first kappa shape index (κ1) is 30.7. The van der Waals surface area contributed by atoms with Crippen LogP contribution in [0, 0.1) is 13.1 Å². The maximum absolute atomic E-state index is 7.94. The molecule has 0 amide bonds. The van der Waals surface area contributed by atoms with Crippen LogP contribution in [0.1, 0.15) is 0 Å². The Labute approximate surface area is 316 Å². The molecule has 0 saturated carbocycles. The number of aromatic nitrogens is 3. The van der Waals surface area contributed by atoms with Crippen LogP contribution >= 0.6 is 0 Å². The zero-order chi connectivity index (χ0) is 36.6. The molecular weight excluding hydrogens is 671 g/mol. The molecule has 3 heterocycles. The van der Waals surface area contributed by atoms with Gasteiger partial charge in [-0.1, -0.05) is 115 Å². The zero-order valence-electron chi connectivity index (χ0n) is 29.5. The Hall–Kier alpha value is -7.86. The first-order valence-corrected chi connectivity index (χ1v) is 18.3. The first-order valence-electron chi connectivity index (χ1n) is 18.3. The van der Waals surface area contributed by atoms with Gasteiger partial charge in [-0.25, -0.2) is 9.69 Å². The van der Waals surface area contributed by atoms with Crippen molar-refractivity contribution < 1.29 is 0 Å². The summed E-state index contributed by atoms with van der Waals surface area (Å²) in [6.45, 7) is 15.7. The van der Waals surface area contributed by atoms with Crippen LogP contribution in [0.2, 0.25) is 0 Å². The van der Waals surface area contributed by atoms with E-state index in [0.717, 1.165) is 61.0 Å². The van der Waals surface area contributed by atoms with Crippen LogP contribution in [-0.2, 0) is 0 Å². The standard InChI is InChI=1S/C50H29N5/c1-51-33-25-27-36(48(30-33)55-44-21-9-5-17-39(44)40-28-26-34(52-2)31-49(40)55)32-13-11-14-35(29-32)53-45-22-10-6-18-41(45)50-46(53)23-12-24-47(50)54-42-19-7-3-15-37(42)38-16-4-8-20-43(38)54/h3-31H. The summed E-state index contributed by atoms with van der Waals surface area (Å²) >= 11 is 0. The highest BCUT2D eigenvalue weighted by molar-refractivity contribution is 6.16. The van der Waals surface area contributed by atoms with E-state index in [4.69, 9.17) is 13.1 Å². The molecule has 0 spiro atoms. The predicted octanol–water partition coefficient (Wildman–Crippen LogP) is 13.7. The molecule has 11 rings (SSSR count). The van der Waals surface area contributed by atoms with Crippen LogP contribution in [0.25, 0.3) is 103 Å². The van der Waals surface area contributed by atoms with Gasteiger partial charge in [0.25, 0.3) is 0 Å². The van der Waals surface area contributed by atoms with Crippen molar-refractivity contribution in [3.63, 3.8) is 0 Å². The van der Waals surface area contributed by atoms with Gasteiger partial charge < -0.3 is 13.7 Å². The molecule has 0 aliphatic carbocycles. The van der Waals surface area contributed by atoms with Gasteiger partial charge in [0.2, 0.25) is 0 Å². The molecule has 0 unspecified atom stereocenters. The third-order valence-electron chi connectivity index (χ3n) is 11.0. The largest absolute Gasteiger partial charge is 0.311 e. The maximum Gasteiger partial charge on any atom is 0.189 e. The van der Waals surface area contributed by atoms with Gasteiger partial charge in [-0.2, -0.15) is 0 Å². The molecule has 8 aromatic carbocycles. The minimum atomic E-state index is 0.558. The molecule has 5 nitrogen and oxygen atoms in total. The first-order chi connectivity index (χ1) is 27.2. The summed E-state index contributed by atoms with van der Waals surface area (Å²) in [5, 5.41) is 7.02. The summed E-state index contributed by atoms with van der Waals surface area (Å²) in [6, 6.07) is 61.5. The van der Waals surface area contributed by atoms with E-state index in [0.29, 0.717) is 11.4 Å². The lowest BCUT2D eigenvalue weighted by Crippen LogP contribution is -1.99. The van der Waals surface area contributed by atoms with Crippen molar-refractivity contribution in [2.75, 3.05) is 0 Å². The van der Waals surface area contributed by atoms with Crippen molar-refractivity contribution in [2.24, 2.45) is 0 Å². The number of nitrogens with zero attached hydrogens (tertiary/aromatic N) is 5. The Kier molecular flexibility index (Phi) is 6.61. The van der Waals surface area contributed by atoms with Crippen molar-refractivity contribution >= 4 is 76.8 Å². The van der Waals surface area contributed by atoms with Gasteiger partial charge in [0.05, 0.1) is 46.4 Å². The van der Waals surface area contributed by atoms with Gasteiger partial charge in [-0.05, 0) is 66.2 Å². The predicted molar refractivity (Wildman–Crippen MR) is 227 cm³/mol. The lowest BCUT2D eigenvalue weighted by Gasteiger charge is -2.16. The van der Waals surface area contributed by atoms with Crippen molar-refractivity contribution in [3.05, 3.63) is 199 Å². The fourth-order valence-corrected chi connectivity index (χ4v) is 8.77. The van der Waals surface area contributed by atoms with E-state index >= 15 is 0 Å². The molecule has 11 aromatic rings. The molecular formula is C50H29N5. The van der Waals surface area contributed by atoms with E-state index in [1.165, 1.54) is 32.6 Å². The SMILES string of the molecule is [C-]#[N+]c1ccc(-c2cccc(-n3c4ccccc4c4c(-n5c6ccccc6c6ccccc65)cccc43)c2)c(-n2c3ccccc3c3ccc([N+]#[C-])cc32)c1. The molecule has 0 atom stereocenters. The monoisotopic (exact) mass is 699 g/mol. The number of para-hydroxylation sites is 4. The summed E-state index contributed by atoms with van der Waals surface area (Å²) in [5.74, 6) is 0. The summed E-state index contributed by atoms with van der Waals surface area (Å²) in [5.41, 5.74) is 12.8. The fourth-order valence-electron chi connectivity index (χ4n) is 8.77. The van der Waals surface area contributed by atoms with Gasteiger partial charge in [-0.3, -0.25) is 0 Å². The van der Waals surface area contributed by atoms with Gasteiger partial charge in [0.1, 0.15) is 0 Å². The van der Waals surface area contributed by atoms with Crippen molar-refractivity contribution in [1.29, 1.82) is 0 Å². The number of fused-ring (bicyclic) bond motifs is 9. The van der Waals surface area contributed by atoms with Gasteiger partial charge in [0.15, 0.2) is 11.4 Å². The summed E-state index contributed by atoms with van der Waals surface area (Å²) < 4.78 is 7.01. The van der Waals surface area contributed by atoms with E-state index in [-0.39, 0.29) is 0 Å². The summed E-state index contributed by atoms with van der Waals surface area (Å²) in [7, 11) is 0. The fraction of sp³-hybridized carbons (Fsp3) is 0. The molecule has 254 valence electrons. The summed E-state index contributed by atoms with van der Waals surface area (Å²) in [4.78, 5) is 7.61. The van der Waals surface area contributed by atoms with Crippen LogP contribution in [-0.4, -0.2) is 13.7 Å². The van der Waals surface area contributed by atoms with Crippen LogP contribution < -0.4 is 0 Å².